The van der Waals surface area contributed by atoms with E-state index in [2.05, 4.69) is 15.4 Å². The molecule has 0 aliphatic carbocycles. The van der Waals surface area contributed by atoms with Crippen LogP contribution in [0.1, 0.15) is 12.2 Å². The van der Waals surface area contributed by atoms with Crippen molar-refractivity contribution in [3.8, 4) is 0 Å². The number of hydrogen-bond donors (Lipinski definition) is 1. The third kappa shape index (κ3) is 2.32. The van der Waals surface area contributed by atoms with Crippen molar-refractivity contribution in [3.63, 3.8) is 0 Å². The van der Waals surface area contributed by atoms with Gasteiger partial charge in [-0.1, -0.05) is 0 Å². The van der Waals surface area contributed by atoms with Crippen LogP contribution in [-0.4, -0.2) is 68.8 Å². The molecule has 2 aromatic heterocycles. The minimum Gasteiger partial charge on any atom is -0.439 e. The standard InChI is InChI=1S/C15H18N6O3/c1-10-16-12-11(4-3-6-21(12)18-10)17-13(22)20-7-5-15(9-20)8-19(2)14(23)24-15/h3-4,6H,5,7-9H2,1-2H3,(H,17,22). The predicted octanol–water partition coefficient (Wildman–Crippen LogP) is 1.10. The average molecular weight is 330 g/mol. The third-order valence-electron chi connectivity index (χ3n) is 4.45. The van der Waals surface area contributed by atoms with Gasteiger partial charge in [0.15, 0.2) is 11.2 Å². The van der Waals surface area contributed by atoms with Gasteiger partial charge in [0, 0.05) is 26.2 Å². The lowest BCUT2D eigenvalue weighted by Crippen LogP contribution is -2.40. The predicted molar refractivity (Wildman–Crippen MR) is 84.8 cm³/mol. The molecule has 4 rings (SSSR count). The number of pyridine rings is 1. The van der Waals surface area contributed by atoms with Gasteiger partial charge in [0.05, 0.1) is 18.8 Å². The third-order valence-corrected chi connectivity index (χ3v) is 4.45. The van der Waals surface area contributed by atoms with Crippen molar-refractivity contribution >= 4 is 23.5 Å². The highest BCUT2D eigenvalue weighted by Crippen LogP contribution is 2.32. The largest absolute Gasteiger partial charge is 0.439 e. The van der Waals surface area contributed by atoms with Crippen LogP contribution < -0.4 is 5.32 Å². The van der Waals surface area contributed by atoms with E-state index in [1.165, 1.54) is 0 Å². The number of fused-ring (bicyclic) bond motifs is 1. The fourth-order valence-corrected chi connectivity index (χ4v) is 3.33. The molecule has 1 atom stereocenters. The molecule has 2 aliphatic rings. The number of urea groups is 1. The van der Waals surface area contributed by atoms with E-state index in [1.54, 1.807) is 46.6 Å². The summed E-state index contributed by atoms with van der Waals surface area (Å²) < 4.78 is 7.09. The first-order chi connectivity index (χ1) is 11.5. The molecule has 2 saturated heterocycles. The van der Waals surface area contributed by atoms with Crippen LogP contribution >= 0.6 is 0 Å². The number of amides is 3. The summed E-state index contributed by atoms with van der Waals surface area (Å²) in [6.45, 7) is 3.24. The number of hydrogen-bond acceptors (Lipinski definition) is 5. The molecule has 2 aliphatic heterocycles. The number of nitrogens with zero attached hydrogens (tertiary/aromatic N) is 5. The Kier molecular flexibility index (Phi) is 3.12. The Morgan fingerprint density at radius 2 is 2.25 bits per heavy atom. The van der Waals surface area contributed by atoms with Crippen LogP contribution in [0.25, 0.3) is 5.65 Å². The maximum atomic E-state index is 12.6. The number of likely N-dealkylation sites (N-methyl/N-ethyl adjacent to an activating group) is 1. The van der Waals surface area contributed by atoms with Crippen LogP contribution in [0.3, 0.4) is 0 Å². The number of ether oxygens (including phenoxy) is 1. The van der Waals surface area contributed by atoms with Crippen molar-refractivity contribution in [2.24, 2.45) is 0 Å². The van der Waals surface area contributed by atoms with Crippen LogP contribution in [0.4, 0.5) is 15.3 Å². The Morgan fingerprint density at radius 3 is 3.00 bits per heavy atom. The van der Waals surface area contributed by atoms with Crippen LogP contribution in [0.2, 0.25) is 0 Å². The molecule has 2 fully saturated rings. The van der Waals surface area contributed by atoms with Gasteiger partial charge in [0.2, 0.25) is 0 Å². The Balaban J connectivity index is 1.50. The maximum Gasteiger partial charge on any atom is 0.410 e. The number of nitrogens with one attached hydrogen (secondary N) is 1. The molecule has 24 heavy (non-hydrogen) atoms. The van der Waals surface area contributed by atoms with Crippen LogP contribution in [-0.2, 0) is 4.74 Å². The van der Waals surface area contributed by atoms with Gasteiger partial charge in [-0.15, -0.1) is 0 Å². The van der Waals surface area contributed by atoms with Gasteiger partial charge in [-0.25, -0.2) is 19.1 Å². The van der Waals surface area contributed by atoms with Crippen molar-refractivity contribution < 1.29 is 14.3 Å². The molecule has 1 spiro atoms. The number of aromatic nitrogens is 3. The van der Waals surface area contributed by atoms with Gasteiger partial charge in [0.25, 0.3) is 0 Å². The highest BCUT2D eigenvalue weighted by molar-refractivity contribution is 5.93. The number of anilines is 1. The van der Waals surface area contributed by atoms with E-state index in [9.17, 15) is 9.59 Å². The molecule has 0 radical (unpaired) electrons. The minimum absolute atomic E-state index is 0.230. The van der Waals surface area contributed by atoms with E-state index < -0.39 is 5.60 Å². The molecular formula is C15H18N6O3. The zero-order valence-electron chi connectivity index (χ0n) is 13.5. The summed E-state index contributed by atoms with van der Waals surface area (Å²) in [5.74, 6) is 0.637. The first-order valence-electron chi connectivity index (χ1n) is 7.78. The summed E-state index contributed by atoms with van der Waals surface area (Å²) in [5, 5.41) is 7.11. The summed E-state index contributed by atoms with van der Waals surface area (Å²) in [7, 11) is 1.70. The number of likely N-dealkylation sites (tertiary alicyclic amines) is 1. The number of carbonyl (C=O) groups is 2. The summed E-state index contributed by atoms with van der Waals surface area (Å²) in [5.41, 5.74) is 0.620. The zero-order valence-corrected chi connectivity index (χ0v) is 13.5. The summed E-state index contributed by atoms with van der Waals surface area (Å²) in [4.78, 5) is 31.7. The van der Waals surface area contributed by atoms with E-state index in [0.717, 1.165) is 0 Å². The molecule has 126 valence electrons. The van der Waals surface area contributed by atoms with Crippen LogP contribution in [0.5, 0.6) is 0 Å². The van der Waals surface area contributed by atoms with Crippen molar-refractivity contribution in [3.05, 3.63) is 24.2 Å². The smallest absolute Gasteiger partial charge is 0.410 e. The molecular weight excluding hydrogens is 312 g/mol. The van der Waals surface area contributed by atoms with Crippen LogP contribution in [0, 0.1) is 6.92 Å². The number of aryl methyl sites for hydroxylation is 1. The fourth-order valence-electron chi connectivity index (χ4n) is 3.33. The van der Waals surface area contributed by atoms with Gasteiger partial charge in [-0.05, 0) is 19.1 Å². The fraction of sp³-hybridized carbons (Fsp3) is 0.467. The number of carbonyl (C=O) groups excluding carboxylic acids is 2. The molecule has 9 heteroatoms. The Hall–Kier alpha value is -2.84. The monoisotopic (exact) mass is 330 g/mol. The maximum absolute atomic E-state index is 12.6. The molecule has 0 saturated carbocycles. The first-order valence-corrected chi connectivity index (χ1v) is 7.78. The second kappa shape index (κ2) is 5.08. The highest BCUT2D eigenvalue weighted by Gasteiger charge is 2.49. The van der Waals surface area contributed by atoms with Gasteiger partial charge < -0.3 is 19.9 Å². The lowest BCUT2D eigenvalue weighted by Gasteiger charge is -2.22. The van der Waals surface area contributed by atoms with Crippen molar-refractivity contribution in [2.45, 2.75) is 18.9 Å². The summed E-state index contributed by atoms with van der Waals surface area (Å²) in [6, 6.07) is 3.36. The van der Waals surface area contributed by atoms with E-state index in [0.29, 0.717) is 43.2 Å². The second-order valence-corrected chi connectivity index (χ2v) is 6.36. The summed E-state index contributed by atoms with van der Waals surface area (Å²) in [6.07, 6.45) is 2.09. The normalized spacial score (nSPS) is 23.3. The van der Waals surface area contributed by atoms with Crippen LogP contribution in [0.15, 0.2) is 18.3 Å². The molecule has 0 aromatic carbocycles. The first kappa shape index (κ1) is 14.7. The number of rotatable bonds is 1. The van der Waals surface area contributed by atoms with Gasteiger partial charge in [-0.3, -0.25) is 0 Å². The molecule has 0 bridgehead atoms. The quantitative estimate of drug-likeness (QED) is 0.845. The molecule has 3 amide bonds. The lowest BCUT2D eigenvalue weighted by molar-refractivity contribution is 0.0663. The van der Waals surface area contributed by atoms with E-state index >= 15 is 0 Å². The van der Waals surface area contributed by atoms with E-state index in [1.807, 2.05) is 0 Å². The molecule has 9 nitrogen and oxygen atoms in total. The van der Waals surface area contributed by atoms with Crippen molar-refractivity contribution in [1.82, 2.24) is 24.4 Å². The molecule has 1 N–H and O–H groups in total. The van der Waals surface area contributed by atoms with Gasteiger partial charge in [-0.2, -0.15) is 5.10 Å². The average Bonchev–Trinajstić information content (AvgIpc) is 3.18. The molecule has 1 unspecified atom stereocenters. The molecule has 2 aromatic rings. The Labute approximate surface area is 138 Å². The Morgan fingerprint density at radius 1 is 1.42 bits per heavy atom. The topological polar surface area (TPSA) is 92.1 Å². The minimum atomic E-state index is -0.583. The van der Waals surface area contributed by atoms with Crippen molar-refractivity contribution in [2.75, 3.05) is 32.0 Å². The molecule has 4 heterocycles. The van der Waals surface area contributed by atoms with Crippen molar-refractivity contribution in [1.29, 1.82) is 0 Å². The zero-order chi connectivity index (χ0) is 16.9. The van der Waals surface area contributed by atoms with Gasteiger partial charge in [0.1, 0.15) is 5.82 Å². The SMILES string of the molecule is Cc1nc2c(NC(=O)N3CCC4(CN(C)C(=O)O4)C3)cccn2n1. The Bertz CT molecular complexity index is 834. The second-order valence-electron chi connectivity index (χ2n) is 6.36. The lowest BCUT2D eigenvalue weighted by atomic mass is 10.0. The van der Waals surface area contributed by atoms with Gasteiger partial charge >= 0.3 is 12.1 Å². The van der Waals surface area contributed by atoms with E-state index in [-0.39, 0.29) is 12.1 Å². The summed E-state index contributed by atoms with van der Waals surface area (Å²) >= 11 is 0. The van der Waals surface area contributed by atoms with E-state index in [4.69, 9.17) is 4.74 Å². The highest BCUT2D eigenvalue weighted by atomic mass is 16.6.